The van der Waals surface area contributed by atoms with Gasteiger partial charge in [-0.1, -0.05) is 32.1 Å². The molecule has 1 unspecified atom stereocenters. The van der Waals surface area contributed by atoms with Crippen LogP contribution in [-0.2, 0) is 19.2 Å². The second kappa shape index (κ2) is 10.9. The zero-order valence-electron chi connectivity index (χ0n) is 15.2. The Morgan fingerprint density at radius 2 is 1.31 bits per heavy atom. The lowest BCUT2D eigenvalue weighted by Gasteiger charge is -2.36. The summed E-state index contributed by atoms with van der Waals surface area (Å²) >= 11 is 0. The van der Waals surface area contributed by atoms with E-state index < -0.39 is 29.2 Å². The average molecular weight is 370 g/mol. The van der Waals surface area contributed by atoms with Gasteiger partial charge in [0.05, 0.1) is 0 Å². The van der Waals surface area contributed by atoms with Gasteiger partial charge in [0, 0.05) is 30.6 Å². The number of carbonyl (C=O) groups is 4. The van der Waals surface area contributed by atoms with Crippen molar-refractivity contribution < 1.29 is 34.5 Å². The first-order valence-corrected chi connectivity index (χ1v) is 9.46. The Hall–Kier alpha value is -1.92. The summed E-state index contributed by atoms with van der Waals surface area (Å²) in [7, 11) is 0. The van der Waals surface area contributed by atoms with Crippen LogP contribution in [0.4, 0.5) is 0 Å². The molecule has 0 aliphatic heterocycles. The fourth-order valence-electron chi connectivity index (χ4n) is 3.96. The van der Waals surface area contributed by atoms with Crippen LogP contribution in [0.5, 0.6) is 0 Å². The minimum Gasteiger partial charge on any atom is -0.481 e. The molecule has 0 saturated heterocycles. The number of hydrogen-bond donors (Lipinski definition) is 3. The quantitative estimate of drug-likeness (QED) is 0.566. The Balaban J connectivity index is 3.10. The smallest absolute Gasteiger partial charge is 0.303 e. The van der Waals surface area contributed by atoms with Gasteiger partial charge in [0.25, 0.3) is 0 Å². The zero-order valence-corrected chi connectivity index (χ0v) is 15.2. The molecule has 0 aromatic heterocycles. The van der Waals surface area contributed by atoms with Crippen molar-refractivity contribution in [2.45, 2.75) is 83.5 Å². The van der Waals surface area contributed by atoms with E-state index in [1.165, 1.54) is 0 Å². The molecule has 0 heterocycles. The molecule has 148 valence electrons. The minimum atomic E-state index is -1.01. The monoisotopic (exact) mass is 370 g/mol. The van der Waals surface area contributed by atoms with Crippen LogP contribution in [0.1, 0.15) is 83.5 Å². The van der Waals surface area contributed by atoms with Gasteiger partial charge in [0.1, 0.15) is 5.78 Å². The first kappa shape index (κ1) is 22.1. The van der Waals surface area contributed by atoms with Gasteiger partial charge < -0.3 is 15.3 Å². The van der Waals surface area contributed by atoms with Crippen LogP contribution in [-0.4, -0.2) is 39.0 Å². The largest absolute Gasteiger partial charge is 0.481 e. The van der Waals surface area contributed by atoms with Crippen molar-refractivity contribution in [2.24, 2.45) is 11.3 Å². The van der Waals surface area contributed by atoms with E-state index in [0.29, 0.717) is 12.8 Å². The number of hydrogen-bond acceptors (Lipinski definition) is 4. The van der Waals surface area contributed by atoms with E-state index in [4.69, 9.17) is 15.3 Å². The van der Waals surface area contributed by atoms with Gasteiger partial charge in [0.2, 0.25) is 0 Å². The lowest BCUT2D eigenvalue weighted by atomic mass is 9.66. The van der Waals surface area contributed by atoms with Crippen LogP contribution in [0, 0.1) is 11.3 Å². The fraction of sp³-hybridized carbons (Fsp3) is 0.789. The number of rotatable bonds is 9. The summed E-state index contributed by atoms with van der Waals surface area (Å²) in [6.45, 7) is 0. The third-order valence-corrected chi connectivity index (χ3v) is 5.44. The molecule has 1 aliphatic carbocycles. The summed E-state index contributed by atoms with van der Waals surface area (Å²) in [5.74, 6) is -3.54. The zero-order chi connectivity index (χ0) is 19.6. The summed E-state index contributed by atoms with van der Waals surface area (Å²) in [6.07, 6.45) is 5.63. The third kappa shape index (κ3) is 7.54. The Kier molecular flexibility index (Phi) is 9.30. The van der Waals surface area contributed by atoms with Crippen molar-refractivity contribution in [3.63, 3.8) is 0 Å². The third-order valence-electron chi connectivity index (χ3n) is 5.44. The van der Waals surface area contributed by atoms with E-state index in [-0.39, 0.29) is 44.3 Å². The van der Waals surface area contributed by atoms with E-state index in [1.807, 2.05) is 0 Å². The van der Waals surface area contributed by atoms with Gasteiger partial charge in [-0.3, -0.25) is 19.2 Å². The molecule has 7 nitrogen and oxygen atoms in total. The molecular formula is C19H30O7. The molecule has 1 aliphatic rings. The lowest BCUT2D eigenvalue weighted by Crippen LogP contribution is -2.38. The van der Waals surface area contributed by atoms with Crippen LogP contribution in [0.25, 0.3) is 0 Å². The normalized spacial score (nSPS) is 21.1. The lowest BCUT2D eigenvalue weighted by molar-refractivity contribution is -0.141. The number of carboxylic acids is 3. The average Bonchev–Trinajstić information content (AvgIpc) is 2.57. The highest BCUT2D eigenvalue weighted by molar-refractivity contribution is 5.88. The van der Waals surface area contributed by atoms with Gasteiger partial charge in [-0.15, -0.1) is 0 Å². The highest BCUT2D eigenvalue weighted by Gasteiger charge is 2.41. The predicted octanol–water partition coefficient (Wildman–Crippen LogP) is 3.50. The van der Waals surface area contributed by atoms with Crippen LogP contribution >= 0.6 is 0 Å². The summed E-state index contributed by atoms with van der Waals surface area (Å²) in [4.78, 5) is 46.5. The molecule has 0 radical (unpaired) electrons. The maximum atomic E-state index is 13.3. The predicted molar refractivity (Wildman–Crippen MR) is 93.9 cm³/mol. The van der Waals surface area contributed by atoms with Gasteiger partial charge in [-0.05, 0) is 32.1 Å². The number of ketones is 1. The Bertz CT molecular complexity index is 494. The molecule has 1 saturated carbocycles. The van der Waals surface area contributed by atoms with Crippen molar-refractivity contribution in [3.8, 4) is 0 Å². The number of carbonyl (C=O) groups excluding carboxylic acids is 1. The van der Waals surface area contributed by atoms with E-state index in [0.717, 1.165) is 32.1 Å². The summed E-state index contributed by atoms with van der Waals surface area (Å²) in [6, 6.07) is 0. The SMILES string of the molecule is O=C(O)CCC1CCCCCCCC(CCC(=O)O)(CCC(=O)O)C1=O. The van der Waals surface area contributed by atoms with Crippen molar-refractivity contribution in [1.29, 1.82) is 0 Å². The molecule has 0 spiro atoms. The fourth-order valence-corrected chi connectivity index (χ4v) is 3.96. The molecule has 7 heteroatoms. The summed E-state index contributed by atoms with van der Waals surface area (Å²) < 4.78 is 0. The van der Waals surface area contributed by atoms with E-state index in [9.17, 15) is 19.2 Å². The van der Waals surface area contributed by atoms with E-state index in [2.05, 4.69) is 0 Å². The number of carboxylic acid groups (broad SMARTS) is 3. The molecule has 0 bridgehead atoms. The van der Waals surface area contributed by atoms with Crippen LogP contribution < -0.4 is 0 Å². The van der Waals surface area contributed by atoms with Crippen molar-refractivity contribution in [3.05, 3.63) is 0 Å². The molecule has 3 N–H and O–H groups in total. The molecule has 1 atom stereocenters. The summed E-state index contributed by atoms with van der Waals surface area (Å²) in [5.41, 5.74) is -0.975. The Morgan fingerprint density at radius 1 is 0.808 bits per heavy atom. The Labute approximate surface area is 153 Å². The first-order valence-electron chi connectivity index (χ1n) is 9.46. The maximum Gasteiger partial charge on any atom is 0.303 e. The highest BCUT2D eigenvalue weighted by atomic mass is 16.4. The molecule has 26 heavy (non-hydrogen) atoms. The van der Waals surface area contributed by atoms with E-state index in [1.54, 1.807) is 0 Å². The van der Waals surface area contributed by atoms with Crippen LogP contribution in [0.2, 0.25) is 0 Å². The van der Waals surface area contributed by atoms with Crippen molar-refractivity contribution in [1.82, 2.24) is 0 Å². The van der Waals surface area contributed by atoms with Gasteiger partial charge in [-0.25, -0.2) is 0 Å². The van der Waals surface area contributed by atoms with Crippen LogP contribution in [0.15, 0.2) is 0 Å². The first-order chi connectivity index (χ1) is 12.3. The maximum absolute atomic E-state index is 13.3. The second-order valence-corrected chi connectivity index (χ2v) is 7.37. The number of Topliss-reactive ketones (excluding diaryl/α,β-unsaturated/α-hetero) is 1. The molecule has 0 aromatic carbocycles. The van der Waals surface area contributed by atoms with Gasteiger partial charge in [-0.2, -0.15) is 0 Å². The molecular weight excluding hydrogens is 340 g/mol. The number of aliphatic carboxylic acids is 3. The van der Waals surface area contributed by atoms with Gasteiger partial charge >= 0.3 is 17.9 Å². The van der Waals surface area contributed by atoms with E-state index >= 15 is 0 Å². The second-order valence-electron chi connectivity index (χ2n) is 7.37. The topological polar surface area (TPSA) is 129 Å². The highest BCUT2D eigenvalue weighted by Crippen LogP contribution is 2.42. The van der Waals surface area contributed by atoms with Gasteiger partial charge in [0.15, 0.2) is 0 Å². The molecule has 1 fully saturated rings. The molecule has 1 rings (SSSR count). The van der Waals surface area contributed by atoms with Crippen molar-refractivity contribution in [2.75, 3.05) is 0 Å². The molecule has 0 aromatic rings. The molecule has 0 amide bonds. The van der Waals surface area contributed by atoms with Crippen molar-refractivity contribution >= 4 is 23.7 Å². The minimum absolute atomic E-state index is 0.107. The summed E-state index contributed by atoms with van der Waals surface area (Å²) in [5, 5.41) is 27.1. The standard InChI is InChI=1S/C19H30O7/c20-15(21)8-7-14-6-4-2-1-3-5-11-19(18(14)26,12-9-16(22)23)13-10-17(24)25/h14H,1-13H2,(H,20,21)(H,22,23)(H,24,25). The van der Waals surface area contributed by atoms with Crippen LogP contribution in [0.3, 0.4) is 0 Å². The Morgan fingerprint density at radius 3 is 1.85 bits per heavy atom.